The molecule has 0 fully saturated rings. The van der Waals surface area contributed by atoms with Gasteiger partial charge in [0, 0.05) is 0 Å². The van der Waals surface area contributed by atoms with Crippen LogP contribution in [0.4, 0.5) is 0 Å². The fourth-order valence-corrected chi connectivity index (χ4v) is 4.11. The molecule has 0 N–H and O–H groups in total. The standard InChI is InChI=1S/C19H39O3P/c1-5-8-9-10-11-12-13-14-16-19(4)17-15-18-23(20,21-6-2)22-7-3/h15,17,19H,5-14,16,18H2,1-4H3/b17-15+. The van der Waals surface area contributed by atoms with Crippen LogP contribution in [0.1, 0.15) is 85.5 Å². The molecule has 0 aromatic heterocycles. The molecule has 0 aliphatic carbocycles. The normalized spacial score (nSPS) is 13.7. The molecule has 3 nitrogen and oxygen atoms in total. The Labute approximate surface area is 144 Å². The van der Waals surface area contributed by atoms with Crippen molar-refractivity contribution in [2.24, 2.45) is 5.92 Å². The number of rotatable bonds is 16. The summed E-state index contributed by atoms with van der Waals surface area (Å²) in [5.74, 6) is 0.534. The summed E-state index contributed by atoms with van der Waals surface area (Å²) in [6.45, 7) is 9.04. The minimum absolute atomic E-state index is 0.385. The van der Waals surface area contributed by atoms with Gasteiger partial charge >= 0.3 is 7.60 Å². The summed E-state index contributed by atoms with van der Waals surface area (Å²) >= 11 is 0. The molecule has 23 heavy (non-hydrogen) atoms. The lowest BCUT2D eigenvalue weighted by atomic mass is 10.0. The van der Waals surface area contributed by atoms with E-state index >= 15 is 0 Å². The van der Waals surface area contributed by atoms with Crippen LogP contribution in [0.15, 0.2) is 12.2 Å². The third-order valence-electron chi connectivity index (χ3n) is 3.96. The Morgan fingerprint density at radius 2 is 1.39 bits per heavy atom. The minimum atomic E-state index is -2.91. The molecule has 0 amide bonds. The highest BCUT2D eigenvalue weighted by Crippen LogP contribution is 2.47. The van der Waals surface area contributed by atoms with E-state index in [1.807, 2.05) is 19.9 Å². The molecule has 0 saturated carbocycles. The maximum atomic E-state index is 12.3. The largest absolute Gasteiger partial charge is 0.334 e. The molecule has 0 rings (SSSR count). The van der Waals surface area contributed by atoms with Gasteiger partial charge in [-0.2, -0.15) is 0 Å². The van der Waals surface area contributed by atoms with Crippen molar-refractivity contribution in [2.45, 2.75) is 85.5 Å². The quantitative estimate of drug-likeness (QED) is 0.172. The zero-order valence-electron chi connectivity index (χ0n) is 15.9. The first-order chi connectivity index (χ1) is 11.1. The van der Waals surface area contributed by atoms with Crippen molar-refractivity contribution in [3.63, 3.8) is 0 Å². The first kappa shape index (κ1) is 22.9. The molecule has 4 heteroatoms. The number of hydrogen-bond donors (Lipinski definition) is 0. The lowest BCUT2D eigenvalue weighted by Gasteiger charge is -2.15. The SMILES string of the molecule is CCCCCCCCCCC(C)/C=C/CP(=O)(OCC)OCC. The summed E-state index contributed by atoms with van der Waals surface area (Å²) in [5, 5.41) is 0. The lowest BCUT2D eigenvalue weighted by Crippen LogP contribution is -1.99. The van der Waals surface area contributed by atoms with Gasteiger partial charge in [-0.15, -0.1) is 0 Å². The zero-order chi connectivity index (χ0) is 17.4. The Hall–Kier alpha value is -0.110. The van der Waals surface area contributed by atoms with Crippen molar-refractivity contribution in [3.05, 3.63) is 12.2 Å². The van der Waals surface area contributed by atoms with Gasteiger partial charge in [0.25, 0.3) is 0 Å². The Kier molecular flexibility index (Phi) is 15.3. The zero-order valence-corrected chi connectivity index (χ0v) is 16.8. The van der Waals surface area contributed by atoms with Crippen LogP contribution in [0.5, 0.6) is 0 Å². The Balaban J connectivity index is 3.75. The number of unbranched alkanes of at least 4 members (excludes halogenated alkanes) is 7. The van der Waals surface area contributed by atoms with E-state index in [9.17, 15) is 4.57 Å². The van der Waals surface area contributed by atoms with Gasteiger partial charge in [0.1, 0.15) is 0 Å². The van der Waals surface area contributed by atoms with Gasteiger partial charge in [-0.25, -0.2) is 0 Å². The molecular formula is C19H39O3P. The van der Waals surface area contributed by atoms with Crippen LogP contribution in [0, 0.1) is 5.92 Å². The van der Waals surface area contributed by atoms with Crippen molar-refractivity contribution >= 4 is 7.60 Å². The van der Waals surface area contributed by atoms with E-state index < -0.39 is 7.60 Å². The van der Waals surface area contributed by atoms with Crippen molar-refractivity contribution in [1.29, 1.82) is 0 Å². The van der Waals surface area contributed by atoms with Crippen molar-refractivity contribution < 1.29 is 13.6 Å². The molecule has 0 aliphatic rings. The molecule has 0 aromatic carbocycles. The highest BCUT2D eigenvalue weighted by molar-refractivity contribution is 7.54. The Bertz CT molecular complexity index is 319. The second kappa shape index (κ2) is 15.4. The van der Waals surface area contributed by atoms with E-state index in [2.05, 4.69) is 19.9 Å². The summed E-state index contributed by atoms with van der Waals surface area (Å²) in [5.41, 5.74) is 0. The van der Waals surface area contributed by atoms with Gasteiger partial charge < -0.3 is 9.05 Å². The summed E-state index contributed by atoms with van der Waals surface area (Å²) < 4.78 is 22.9. The molecule has 0 bridgehead atoms. The van der Waals surface area contributed by atoms with Gasteiger partial charge in [-0.05, 0) is 26.2 Å². The summed E-state index contributed by atoms with van der Waals surface area (Å²) in [6, 6.07) is 0. The summed E-state index contributed by atoms with van der Waals surface area (Å²) in [4.78, 5) is 0. The van der Waals surface area contributed by atoms with Crippen molar-refractivity contribution in [2.75, 3.05) is 19.4 Å². The van der Waals surface area contributed by atoms with E-state index in [0.717, 1.165) is 0 Å². The van der Waals surface area contributed by atoms with Crippen molar-refractivity contribution in [3.8, 4) is 0 Å². The van der Waals surface area contributed by atoms with Crippen LogP contribution < -0.4 is 0 Å². The molecule has 0 aromatic rings. The topological polar surface area (TPSA) is 35.5 Å². The smallest absolute Gasteiger partial charge is 0.309 e. The second-order valence-electron chi connectivity index (χ2n) is 6.30. The molecule has 0 aliphatic heterocycles. The Morgan fingerprint density at radius 1 is 0.870 bits per heavy atom. The highest BCUT2D eigenvalue weighted by atomic mass is 31.2. The van der Waals surface area contributed by atoms with Gasteiger partial charge in [-0.1, -0.05) is 77.4 Å². The van der Waals surface area contributed by atoms with E-state index in [4.69, 9.17) is 9.05 Å². The number of hydrogen-bond acceptors (Lipinski definition) is 3. The molecule has 0 heterocycles. The van der Waals surface area contributed by atoms with E-state index in [1.54, 1.807) is 0 Å². The molecule has 1 atom stereocenters. The molecule has 1 unspecified atom stereocenters. The predicted molar refractivity (Wildman–Crippen MR) is 101 cm³/mol. The third-order valence-corrected chi connectivity index (χ3v) is 5.92. The van der Waals surface area contributed by atoms with Gasteiger partial charge in [0.2, 0.25) is 0 Å². The minimum Gasteiger partial charge on any atom is -0.309 e. The fourth-order valence-electron chi connectivity index (χ4n) is 2.65. The maximum absolute atomic E-state index is 12.3. The van der Waals surface area contributed by atoms with Gasteiger partial charge in [-0.3, -0.25) is 4.57 Å². The average Bonchev–Trinajstić information content (AvgIpc) is 2.50. The molecule has 0 radical (unpaired) electrons. The van der Waals surface area contributed by atoms with E-state index in [-0.39, 0.29) is 0 Å². The first-order valence-electron chi connectivity index (χ1n) is 9.62. The molecular weight excluding hydrogens is 307 g/mol. The van der Waals surface area contributed by atoms with Crippen LogP contribution >= 0.6 is 7.60 Å². The number of allylic oxidation sites excluding steroid dienone is 2. The van der Waals surface area contributed by atoms with Crippen LogP contribution in [0.3, 0.4) is 0 Å². The fraction of sp³-hybridized carbons (Fsp3) is 0.895. The predicted octanol–water partition coefficient (Wildman–Crippen LogP) is 6.98. The second-order valence-corrected chi connectivity index (χ2v) is 8.40. The first-order valence-corrected chi connectivity index (χ1v) is 11.4. The summed E-state index contributed by atoms with van der Waals surface area (Å²) in [6.07, 6.45) is 16.6. The van der Waals surface area contributed by atoms with Gasteiger partial charge in [0.05, 0.1) is 19.4 Å². The van der Waals surface area contributed by atoms with Crippen molar-refractivity contribution in [1.82, 2.24) is 0 Å². The Morgan fingerprint density at radius 3 is 1.91 bits per heavy atom. The third kappa shape index (κ3) is 14.0. The van der Waals surface area contributed by atoms with Crippen LogP contribution in [-0.4, -0.2) is 19.4 Å². The summed E-state index contributed by atoms with van der Waals surface area (Å²) in [7, 11) is -2.91. The lowest BCUT2D eigenvalue weighted by molar-refractivity contribution is 0.222. The van der Waals surface area contributed by atoms with Crippen LogP contribution in [0.2, 0.25) is 0 Å². The average molecular weight is 346 g/mol. The highest BCUT2D eigenvalue weighted by Gasteiger charge is 2.21. The maximum Gasteiger partial charge on any atom is 0.334 e. The van der Waals surface area contributed by atoms with Crippen LogP contribution in [-0.2, 0) is 13.6 Å². The molecule has 0 spiro atoms. The van der Waals surface area contributed by atoms with E-state index in [0.29, 0.717) is 25.3 Å². The monoisotopic (exact) mass is 346 g/mol. The molecule has 138 valence electrons. The van der Waals surface area contributed by atoms with Gasteiger partial charge in [0.15, 0.2) is 0 Å². The molecule has 0 saturated heterocycles. The van der Waals surface area contributed by atoms with Crippen LogP contribution in [0.25, 0.3) is 0 Å². The van der Waals surface area contributed by atoms with E-state index in [1.165, 1.54) is 57.8 Å².